The van der Waals surface area contributed by atoms with Crippen LogP contribution in [0.15, 0.2) is 15.9 Å². The summed E-state index contributed by atoms with van der Waals surface area (Å²) in [7, 11) is 4.18. The summed E-state index contributed by atoms with van der Waals surface area (Å²) in [5.74, 6) is 1.21. The number of hydrogen-bond acceptors (Lipinski definition) is 4. The van der Waals surface area contributed by atoms with Crippen molar-refractivity contribution in [3.63, 3.8) is 0 Å². The van der Waals surface area contributed by atoms with Crippen LogP contribution in [0.2, 0.25) is 0 Å². The molecule has 0 unspecified atom stereocenters. The van der Waals surface area contributed by atoms with Crippen LogP contribution >= 0.6 is 27.3 Å². The van der Waals surface area contributed by atoms with Gasteiger partial charge in [-0.25, -0.2) is 0 Å². The number of hydrogen-bond donors (Lipinski definition) is 1. The smallest absolute Gasteiger partial charge is 0.131 e. The van der Waals surface area contributed by atoms with Gasteiger partial charge >= 0.3 is 0 Å². The number of halogens is 1. The molecule has 6 heteroatoms. The lowest BCUT2D eigenvalue weighted by Gasteiger charge is -2.20. The normalized spacial score (nSPS) is 14.7. The SMILES string of the molecule is Cc1nn(C)c(N(C)Cc2cc(Br)cs2)c1CNC1CC1. The maximum absolute atomic E-state index is 4.61. The van der Waals surface area contributed by atoms with Gasteiger partial charge in [-0.1, -0.05) is 0 Å². The van der Waals surface area contributed by atoms with E-state index in [1.54, 1.807) is 11.3 Å². The Balaban J connectivity index is 1.78. The summed E-state index contributed by atoms with van der Waals surface area (Å²) in [6.45, 7) is 3.92. The quantitative estimate of drug-likeness (QED) is 0.847. The molecule has 1 saturated carbocycles. The summed E-state index contributed by atoms with van der Waals surface area (Å²) in [5, 5.41) is 10.3. The van der Waals surface area contributed by atoms with E-state index in [-0.39, 0.29) is 0 Å². The Hall–Kier alpha value is -0.850. The highest BCUT2D eigenvalue weighted by Crippen LogP contribution is 2.28. The van der Waals surface area contributed by atoms with Gasteiger partial charge in [-0.15, -0.1) is 11.3 Å². The van der Waals surface area contributed by atoms with Crippen LogP contribution in [-0.4, -0.2) is 22.9 Å². The van der Waals surface area contributed by atoms with Crippen LogP contribution in [0.3, 0.4) is 0 Å². The molecule has 2 aromatic rings. The Morgan fingerprint density at radius 1 is 1.52 bits per heavy atom. The van der Waals surface area contributed by atoms with Gasteiger partial charge in [0.15, 0.2) is 0 Å². The molecule has 1 aliphatic carbocycles. The number of nitrogens with zero attached hydrogens (tertiary/aromatic N) is 3. The van der Waals surface area contributed by atoms with Crippen molar-refractivity contribution in [2.45, 2.75) is 38.9 Å². The summed E-state index contributed by atoms with van der Waals surface area (Å²) in [4.78, 5) is 3.65. The molecular weight excluding hydrogens is 348 g/mol. The minimum atomic E-state index is 0.719. The van der Waals surface area contributed by atoms with Crippen molar-refractivity contribution >= 4 is 33.1 Å². The molecule has 0 aromatic carbocycles. The van der Waals surface area contributed by atoms with Gasteiger partial charge in [-0.3, -0.25) is 4.68 Å². The Morgan fingerprint density at radius 2 is 2.29 bits per heavy atom. The first kappa shape index (κ1) is 15.1. The van der Waals surface area contributed by atoms with E-state index in [1.165, 1.54) is 29.1 Å². The zero-order valence-electron chi connectivity index (χ0n) is 12.7. The monoisotopic (exact) mass is 368 g/mol. The first-order valence-electron chi connectivity index (χ1n) is 7.24. The molecule has 0 aliphatic heterocycles. The Bertz CT molecular complexity index is 630. The van der Waals surface area contributed by atoms with Gasteiger partial charge in [0.05, 0.1) is 12.2 Å². The molecule has 0 spiro atoms. The fourth-order valence-corrected chi connectivity index (χ4v) is 4.16. The minimum Gasteiger partial charge on any atom is -0.354 e. The highest BCUT2D eigenvalue weighted by molar-refractivity contribution is 9.10. The van der Waals surface area contributed by atoms with Crippen LogP contribution in [-0.2, 0) is 20.1 Å². The lowest BCUT2D eigenvalue weighted by molar-refractivity contribution is 0.680. The molecule has 1 aliphatic rings. The van der Waals surface area contributed by atoms with Gasteiger partial charge in [0.2, 0.25) is 0 Å². The van der Waals surface area contributed by atoms with Crippen molar-refractivity contribution in [3.05, 3.63) is 32.1 Å². The number of thiophene rings is 1. The van der Waals surface area contributed by atoms with Crippen LogP contribution in [0.5, 0.6) is 0 Å². The molecular formula is C15H21BrN4S. The number of rotatable bonds is 6. The Labute approximate surface area is 138 Å². The molecule has 0 atom stereocenters. The molecule has 2 aromatic heterocycles. The molecule has 0 amide bonds. The average molecular weight is 369 g/mol. The maximum Gasteiger partial charge on any atom is 0.131 e. The van der Waals surface area contributed by atoms with Gasteiger partial charge < -0.3 is 10.2 Å². The van der Waals surface area contributed by atoms with E-state index < -0.39 is 0 Å². The van der Waals surface area contributed by atoms with E-state index in [0.717, 1.165) is 29.3 Å². The van der Waals surface area contributed by atoms with Crippen molar-refractivity contribution in [3.8, 4) is 0 Å². The van der Waals surface area contributed by atoms with Crippen LogP contribution in [0, 0.1) is 6.92 Å². The predicted octanol–water partition coefficient (Wildman–Crippen LogP) is 3.44. The Kier molecular flexibility index (Phi) is 4.38. The summed E-state index contributed by atoms with van der Waals surface area (Å²) < 4.78 is 3.16. The number of anilines is 1. The summed E-state index contributed by atoms with van der Waals surface area (Å²) in [5.41, 5.74) is 2.45. The van der Waals surface area contributed by atoms with E-state index in [0.29, 0.717) is 0 Å². The highest BCUT2D eigenvalue weighted by Gasteiger charge is 2.23. The van der Waals surface area contributed by atoms with E-state index >= 15 is 0 Å². The minimum absolute atomic E-state index is 0.719. The van der Waals surface area contributed by atoms with Gasteiger partial charge in [-0.05, 0) is 41.8 Å². The molecule has 4 nitrogen and oxygen atoms in total. The first-order chi connectivity index (χ1) is 10.0. The second-order valence-corrected chi connectivity index (χ2v) is 7.67. The molecule has 0 radical (unpaired) electrons. The number of aromatic nitrogens is 2. The van der Waals surface area contributed by atoms with Crippen molar-refractivity contribution in [2.24, 2.45) is 7.05 Å². The third kappa shape index (κ3) is 3.49. The van der Waals surface area contributed by atoms with Gasteiger partial charge in [-0.2, -0.15) is 5.10 Å². The summed E-state index contributed by atoms with van der Waals surface area (Å²) in [6, 6.07) is 2.91. The van der Waals surface area contributed by atoms with Gasteiger partial charge in [0.25, 0.3) is 0 Å². The molecule has 1 fully saturated rings. The van der Waals surface area contributed by atoms with Gasteiger partial charge in [0, 0.05) is 47.0 Å². The molecule has 0 saturated heterocycles. The maximum atomic E-state index is 4.61. The molecule has 2 heterocycles. The van der Waals surface area contributed by atoms with E-state index in [1.807, 2.05) is 11.7 Å². The number of nitrogens with one attached hydrogen (secondary N) is 1. The van der Waals surface area contributed by atoms with Crippen LogP contribution in [0.4, 0.5) is 5.82 Å². The Morgan fingerprint density at radius 3 is 2.90 bits per heavy atom. The van der Waals surface area contributed by atoms with E-state index in [2.05, 4.69) is 56.7 Å². The summed E-state index contributed by atoms with van der Waals surface area (Å²) in [6.07, 6.45) is 2.63. The lowest BCUT2D eigenvalue weighted by atomic mass is 10.2. The first-order valence-corrected chi connectivity index (χ1v) is 8.91. The number of aryl methyl sites for hydroxylation is 2. The molecule has 21 heavy (non-hydrogen) atoms. The van der Waals surface area contributed by atoms with Crippen LogP contribution in [0.1, 0.15) is 29.0 Å². The van der Waals surface area contributed by atoms with Crippen molar-refractivity contribution in [2.75, 3.05) is 11.9 Å². The molecule has 0 bridgehead atoms. The van der Waals surface area contributed by atoms with Crippen LogP contribution in [0.25, 0.3) is 0 Å². The second kappa shape index (κ2) is 6.10. The van der Waals surface area contributed by atoms with Crippen molar-refractivity contribution < 1.29 is 0 Å². The largest absolute Gasteiger partial charge is 0.354 e. The third-order valence-corrected chi connectivity index (χ3v) is 5.52. The van der Waals surface area contributed by atoms with Crippen molar-refractivity contribution in [1.82, 2.24) is 15.1 Å². The second-order valence-electron chi connectivity index (χ2n) is 5.75. The molecule has 114 valence electrons. The predicted molar refractivity (Wildman–Crippen MR) is 91.9 cm³/mol. The fraction of sp³-hybridized carbons (Fsp3) is 0.533. The average Bonchev–Trinajstić information content (AvgIpc) is 3.09. The zero-order valence-corrected chi connectivity index (χ0v) is 15.1. The van der Waals surface area contributed by atoms with Gasteiger partial charge in [0.1, 0.15) is 5.82 Å². The summed E-state index contributed by atoms with van der Waals surface area (Å²) >= 11 is 5.31. The van der Waals surface area contributed by atoms with E-state index in [4.69, 9.17) is 0 Å². The van der Waals surface area contributed by atoms with Crippen LogP contribution < -0.4 is 10.2 Å². The highest BCUT2D eigenvalue weighted by atomic mass is 79.9. The third-order valence-electron chi connectivity index (χ3n) is 3.83. The molecule has 1 N–H and O–H groups in total. The lowest BCUT2D eigenvalue weighted by Crippen LogP contribution is -2.23. The van der Waals surface area contributed by atoms with E-state index in [9.17, 15) is 0 Å². The standard InChI is InChI=1S/C15H21BrN4S/c1-10-14(7-17-12-4-5-12)15(20(3)18-10)19(2)8-13-6-11(16)9-21-13/h6,9,12,17H,4-5,7-8H2,1-3H3. The topological polar surface area (TPSA) is 33.1 Å². The fourth-order valence-electron chi connectivity index (χ4n) is 2.65. The van der Waals surface area contributed by atoms with Crippen molar-refractivity contribution in [1.29, 1.82) is 0 Å². The zero-order chi connectivity index (χ0) is 15.0. The molecule has 3 rings (SSSR count).